The SMILES string of the molecule is Cc1ccc(C2=NCN(Cc3cccc(Cl)c3)N2)cc1. The van der Waals surface area contributed by atoms with Crippen molar-refractivity contribution in [3.63, 3.8) is 0 Å². The Bertz CT molecular complexity index is 634. The van der Waals surface area contributed by atoms with E-state index in [4.69, 9.17) is 11.6 Å². The number of benzene rings is 2. The lowest BCUT2D eigenvalue weighted by molar-refractivity contribution is 0.257. The zero-order valence-corrected chi connectivity index (χ0v) is 12.1. The molecule has 3 rings (SSSR count). The number of hydrazine groups is 1. The van der Waals surface area contributed by atoms with Crippen LogP contribution >= 0.6 is 11.6 Å². The van der Waals surface area contributed by atoms with Gasteiger partial charge < -0.3 is 5.43 Å². The molecule has 0 saturated heterocycles. The second-order valence-corrected chi connectivity index (χ2v) is 5.39. The Hall–Kier alpha value is -1.84. The zero-order chi connectivity index (χ0) is 13.9. The number of aryl methyl sites for hydroxylation is 1. The lowest BCUT2D eigenvalue weighted by Gasteiger charge is -2.16. The smallest absolute Gasteiger partial charge is 0.144 e. The summed E-state index contributed by atoms with van der Waals surface area (Å²) in [4.78, 5) is 4.53. The number of nitrogens with zero attached hydrogens (tertiary/aromatic N) is 2. The van der Waals surface area contributed by atoms with E-state index in [-0.39, 0.29) is 0 Å². The van der Waals surface area contributed by atoms with Crippen molar-refractivity contribution in [1.29, 1.82) is 0 Å². The normalized spacial score (nSPS) is 15.0. The highest BCUT2D eigenvalue weighted by Crippen LogP contribution is 2.14. The number of hydrogen-bond acceptors (Lipinski definition) is 3. The first kappa shape index (κ1) is 13.2. The first-order chi connectivity index (χ1) is 9.70. The molecule has 0 aromatic heterocycles. The average Bonchev–Trinajstić information content (AvgIpc) is 2.88. The van der Waals surface area contributed by atoms with Gasteiger partial charge in [-0.1, -0.05) is 53.6 Å². The molecule has 2 aromatic carbocycles. The second-order valence-electron chi connectivity index (χ2n) is 4.95. The highest BCUT2D eigenvalue weighted by atomic mass is 35.5. The van der Waals surface area contributed by atoms with E-state index in [1.54, 1.807) is 0 Å². The van der Waals surface area contributed by atoms with Crippen molar-refractivity contribution < 1.29 is 0 Å². The second kappa shape index (κ2) is 5.65. The van der Waals surface area contributed by atoms with E-state index in [9.17, 15) is 0 Å². The van der Waals surface area contributed by atoms with E-state index < -0.39 is 0 Å². The fourth-order valence-corrected chi connectivity index (χ4v) is 2.40. The molecular weight excluding hydrogens is 270 g/mol. The number of amidine groups is 1. The van der Waals surface area contributed by atoms with Gasteiger partial charge in [0.1, 0.15) is 12.5 Å². The molecule has 1 heterocycles. The van der Waals surface area contributed by atoms with Crippen LogP contribution in [-0.2, 0) is 6.54 Å². The molecule has 0 aliphatic carbocycles. The van der Waals surface area contributed by atoms with Gasteiger partial charge in [0.05, 0.1) is 0 Å². The largest absolute Gasteiger partial charge is 0.301 e. The van der Waals surface area contributed by atoms with Gasteiger partial charge in [0, 0.05) is 17.1 Å². The lowest BCUT2D eigenvalue weighted by atomic mass is 10.1. The molecule has 1 aliphatic rings. The van der Waals surface area contributed by atoms with Crippen molar-refractivity contribution in [2.45, 2.75) is 13.5 Å². The summed E-state index contributed by atoms with van der Waals surface area (Å²) in [6.45, 7) is 3.51. The van der Waals surface area contributed by atoms with Crippen LogP contribution in [0.5, 0.6) is 0 Å². The maximum absolute atomic E-state index is 6.00. The number of rotatable bonds is 3. The summed E-state index contributed by atoms with van der Waals surface area (Å²) < 4.78 is 0. The molecular formula is C16H16ClN3. The van der Waals surface area contributed by atoms with Gasteiger partial charge in [0.25, 0.3) is 0 Å². The average molecular weight is 286 g/mol. The third-order valence-corrected chi connectivity index (χ3v) is 3.49. The molecule has 2 aromatic rings. The minimum atomic E-state index is 0.649. The van der Waals surface area contributed by atoms with Crippen LogP contribution in [0.2, 0.25) is 5.02 Å². The van der Waals surface area contributed by atoms with Gasteiger partial charge in [-0.3, -0.25) is 0 Å². The maximum Gasteiger partial charge on any atom is 0.144 e. The van der Waals surface area contributed by atoms with Gasteiger partial charge in [-0.25, -0.2) is 4.99 Å². The van der Waals surface area contributed by atoms with Crippen LogP contribution < -0.4 is 5.43 Å². The molecule has 1 aliphatic heterocycles. The predicted molar refractivity (Wildman–Crippen MR) is 82.7 cm³/mol. The minimum Gasteiger partial charge on any atom is -0.301 e. The van der Waals surface area contributed by atoms with Crippen molar-refractivity contribution >= 4 is 17.4 Å². The summed E-state index contributed by atoms with van der Waals surface area (Å²) in [5.74, 6) is 0.923. The van der Waals surface area contributed by atoms with E-state index >= 15 is 0 Å². The van der Waals surface area contributed by atoms with Crippen molar-refractivity contribution in [2.75, 3.05) is 6.67 Å². The van der Waals surface area contributed by atoms with E-state index in [0.29, 0.717) is 6.67 Å². The van der Waals surface area contributed by atoms with Gasteiger partial charge in [-0.15, -0.1) is 0 Å². The lowest BCUT2D eigenvalue weighted by Crippen LogP contribution is -2.35. The number of halogens is 1. The Balaban J connectivity index is 1.65. The Labute approximate surface area is 123 Å². The van der Waals surface area contributed by atoms with Crippen LogP contribution in [0.3, 0.4) is 0 Å². The van der Waals surface area contributed by atoms with Crippen LogP contribution in [0.1, 0.15) is 16.7 Å². The summed E-state index contributed by atoms with van der Waals surface area (Å²) in [5, 5.41) is 2.84. The highest BCUT2D eigenvalue weighted by molar-refractivity contribution is 6.30. The summed E-state index contributed by atoms with van der Waals surface area (Å²) >= 11 is 6.00. The van der Waals surface area contributed by atoms with Gasteiger partial charge in [0.15, 0.2) is 0 Å². The van der Waals surface area contributed by atoms with Gasteiger partial charge >= 0.3 is 0 Å². The third-order valence-electron chi connectivity index (χ3n) is 3.25. The summed E-state index contributed by atoms with van der Waals surface area (Å²) in [6, 6.07) is 16.3. The molecule has 1 N–H and O–H groups in total. The van der Waals surface area contributed by atoms with Crippen molar-refractivity contribution in [3.05, 3.63) is 70.2 Å². The number of nitrogens with one attached hydrogen (secondary N) is 1. The predicted octanol–water partition coefficient (Wildman–Crippen LogP) is 3.37. The molecule has 0 spiro atoms. The van der Waals surface area contributed by atoms with Crippen molar-refractivity contribution in [2.24, 2.45) is 4.99 Å². The number of aliphatic imine (C=N–C) groups is 1. The van der Waals surface area contributed by atoms with Crippen LogP contribution in [0.15, 0.2) is 53.5 Å². The van der Waals surface area contributed by atoms with Crippen LogP contribution in [0.25, 0.3) is 0 Å². The van der Waals surface area contributed by atoms with Crippen molar-refractivity contribution in [1.82, 2.24) is 10.4 Å². The Morgan fingerprint density at radius 2 is 2.00 bits per heavy atom. The molecule has 0 atom stereocenters. The standard InChI is InChI=1S/C16H16ClN3/c1-12-5-7-14(8-6-12)16-18-11-20(19-16)10-13-3-2-4-15(17)9-13/h2-9H,10-11H2,1H3,(H,18,19). The quantitative estimate of drug-likeness (QED) is 0.936. The molecule has 0 radical (unpaired) electrons. The Kier molecular flexibility index (Phi) is 3.72. The van der Waals surface area contributed by atoms with Crippen LogP contribution in [0.4, 0.5) is 0 Å². The van der Waals surface area contributed by atoms with Crippen molar-refractivity contribution in [3.8, 4) is 0 Å². The monoisotopic (exact) mass is 285 g/mol. The van der Waals surface area contributed by atoms with E-state index in [1.165, 1.54) is 11.1 Å². The minimum absolute atomic E-state index is 0.649. The highest BCUT2D eigenvalue weighted by Gasteiger charge is 2.16. The summed E-state index contributed by atoms with van der Waals surface area (Å²) in [7, 11) is 0. The van der Waals surface area contributed by atoms with Gasteiger partial charge in [-0.2, -0.15) is 5.01 Å². The molecule has 20 heavy (non-hydrogen) atoms. The van der Waals surface area contributed by atoms with Gasteiger partial charge in [0.2, 0.25) is 0 Å². The molecule has 3 nitrogen and oxygen atoms in total. The fraction of sp³-hybridized carbons (Fsp3) is 0.188. The van der Waals surface area contributed by atoms with E-state index in [0.717, 1.165) is 23.0 Å². The van der Waals surface area contributed by atoms with E-state index in [1.807, 2.05) is 18.2 Å². The molecule has 0 unspecified atom stereocenters. The van der Waals surface area contributed by atoms with E-state index in [2.05, 4.69) is 52.7 Å². The zero-order valence-electron chi connectivity index (χ0n) is 11.3. The molecule has 0 amide bonds. The van der Waals surface area contributed by atoms with Crippen LogP contribution in [0, 0.1) is 6.92 Å². The fourth-order valence-electron chi connectivity index (χ4n) is 2.19. The molecule has 0 bridgehead atoms. The maximum atomic E-state index is 6.00. The molecule has 4 heteroatoms. The number of hydrogen-bond donors (Lipinski definition) is 1. The Morgan fingerprint density at radius 3 is 2.75 bits per heavy atom. The third kappa shape index (κ3) is 3.00. The molecule has 0 fully saturated rings. The summed E-state index contributed by atoms with van der Waals surface area (Å²) in [5.41, 5.74) is 6.87. The molecule has 102 valence electrons. The Morgan fingerprint density at radius 1 is 1.20 bits per heavy atom. The first-order valence-corrected chi connectivity index (χ1v) is 6.96. The topological polar surface area (TPSA) is 27.6 Å². The first-order valence-electron chi connectivity index (χ1n) is 6.58. The summed E-state index contributed by atoms with van der Waals surface area (Å²) in [6.07, 6.45) is 0. The van der Waals surface area contributed by atoms with Gasteiger partial charge in [-0.05, 0) is 24.6 Å². The molecule has 0 saturated carbocycles. The van der Waals surface area contributed by atoms with Crippen LogP contribution in [-0.4, -0.2) is 17.5 Å².